The zero-order valence-electron chi connectivity index (χ0n) is 11.7. The summed E-state index contributed by atoms with van der Waals surface area (Å²) in [5, 5.41) is 0. The van der Waals surface area contributed by atoms with Crippen LogP contribution in [0.2, 0.25) is 0 Å². The van der Waals surface area contributed by atoms with Crippen molar-refractivity contribution in [2.45, 2.75) is 58.3 Å². The molecule has 0 aromatic heterocycles. The van der Waals surface area contributed by atoms with Crippen LogP contribution < -0.4 is 5.73 Å². The number of benzene rings is 1. The van der Waals surface area contributed by atoms with E-state index in [0.717, 1.165) is 12.8 Å². The second kappa shape index (κ2) is 7.01. The summed E-state index contributed by atoms with van der Waals surface area (Å²) < 4.78 is 20.0. The first kappa shape index (κ1) is 14.5. The standard InChI is InChI=1S/C16H24FNO/c1-2-12-6-3-4-9-15(12)19-11-14-8-5-7-13(10-18)16(14)17/h5,7-8,12,15H,2-4,6,9-11,18H2,1H3. The number of nitrogens with two attached hydrogens (primary N) is 1. The number of hydrogen-bond acceptors (Lipinski definition) is 2. The van der Waals surface area contributed by atoms with Crippen molar-refractivity contribution in [3.05, 3.63) is 35.1 Å². The van der Waals surface area contributed by atoms with Crippen LogP contribution in [0, 0.1) is 11.7 Å². The van der Waals surface area contributed by atoms with Gasteiger partial charge in [-0.3, -0.25) is 0 Å². The summed E-state index contributed by atoms with van der Waals surface area (Å²) >= 11 is 0. The second-order valence-electron chi connectivity index (χ2n) is 5.40. The van der Waals surface area contributed by atoms with E-state index in [9.17, 15) is 4.39 Å². The molecule has 19 heavy (non-hydrogen) atoms. The Balaban J connectivity index is 1.98. The van der Waals surface area contributed by atoms with Crippen molar-refractivity contribution in [2.24, 2.45) is 11.7 Å². The van der Waals surface area contributed by atoms with Gasteiger partial charge in [0, 0.05) is 17.7 Å². The van der Waals surface area contributed by atoms with Crippen LogP contribution in [-0.4, -0.2) is 6.10 Å². The minimum Gasteiger partial charge on any atom is -0.373 e. The fourth-order valence-corrected chi connectivity index (χ4v) is 2.96. The molecule has 0 bridgehead atoms. The predicted octanol–water partition coefficient (Wildman–Crippen LogP) is 3.77. The van der Waals surface area contributed by atoms with Gasteiger partial charge in [0.15, 0.2) is 0 Å². The number of rotatable bonds is 5. The Morgan fingerprint density at radius 2 is 2.00 bits per heavy atom. The average Bonchev–Trinajstić information content (AvgIpc) is 2.46. The molecule has 2 N–H and O–H groups in total. The van der Waals surface area contributed by atoms with E-state index < -0.39 is 0 Å². The maximum atomic E-state index is 14.0. The van der Waals surface area contributed by atoms with E-state index in [0.29, 0.717) is 29.8 Å². The van der Waals surface area contributed by atoms with Gasteiger partial charge < -0.3 is 10.5 Å². The first-order valence-corrected chi connectivity index (χ1v) is 7.34. The number of ether oxygens (including phenoxy) is 1. The first-order valence-electron chi connectivity index (χ1n) is 7.34. The lowest BCUT2D eigenvalue weighted by molar-refractivity contribution is -0.0231. The zero-order valence-corrected chi connectivity index (χ0v) is 11.7. The van der Waals surface area contributed by atoms with E-state index >= 15 is 0 Å². The highest BCUT2D eigenvalue weighted by atomic mass is 19.1. The van der Waals surface area contributed by atoms with Gasteiger partial charge in [0.2, 0.25) is 0 Å². The van der Waals surface area contributed by atoms with Crippen LogP contribution in [-0.2, 0) is 17.9 Å². The Hall–Kier alpha value is -0.930. The zero-order chi connectivity index (χ0) is 13.7. The van der Waals surface area contributed by atoms with E-state index in [-0.39, 0.29) is 12.4 Å². The predicted molar refractivity (Wildman–Crippen MR) is 75.1 cm³/mol. The molecule has 2 atom stereocenters. The van der Waals surface area contributed by atoms with Crippen LogP contribution in [0.1, 0.15) is 50.2 Å². The highest BCUT2D eigenvalue weighted by molar-refractivity contribution is 5.25. The highest BCUT2D eigenvalue weighted by Gasteiger charge is 2.24. The van der Waals surface area contributed by atoms with Crippen LogP contribution in [0.15, 0.2) is 18.2 Å². The Morgan fingerprint density at radius 3 is 2.74 bits per heavy atom. The van der Waals surface area contributed by atoms with Gasteiger partial charge in [0.1, 0.15) is 5.82 Å². The summed E-state index contributed by atoms with van der Waals surface area (Å²) in [6.45, 7) is 2.81. The molecule has 1 aliphatic carbocycles. The minimum absolute atomic E-state index is 0.200. The van der Waals surface area contributed by atoms with Gasteiger partial charge in [-0.2, -0.15) is 0 Å². The lowest BCUT2D eigenvalue weighted by Crippen LogP contribution is -2.27. The van der Waals surface area contributed by atoms with Crippen molar-refractivity contribution in [2.75, 3.05) is 0 Å². The molecule has 1 fully saturated rings. The quantitative estimate of drug-likeness (QED) is 0.879. The Kier molecular flexibility index (Phi) is 5.34. The van der Waals surface area contributed by atoms with Crippen LogP contribution in [0.5, 0.6) is 0 Å². The number of hydrogen-bond donors (Lipinski definition) is 1. The van der Waals surface area contributed by atoms with Crippen LogP contribution in [0.25, 0.3) is 0 Å². The molecule has 1 aromatic rings. The molecule has 1 aromatic carbocycles. The van der Waals surface area contributed by atoms with E-state index in [1.54, 1.807) is 12.1 Å². The summed E-state index contributed by atoms with van der Waals surface area (Å²) in [6.07, 6.45) is 6.32. The van der Waals surface area contributed by atoms with Gasteiger partial charge in [-0.1, -0.05) is 44.4 Å². The SMILES string of the molecule is CCC1CCCCC1OCc1cccc(CN)c1F. The topological polar surface area (TPSA) is 35.2 Å². The number of halogens is 1. The molecule has 0 amide bonds. The largest absolute Gasteiger partial charge is 0.373 e. The molecule has 2 unspecified atom stereocenters. The Morgan fingerprint density at radius 1 is 1.26 bits per heavy atom. The van der Waals surface area contributed by atoms with Gasteiger partial charge in [-0.25, -0.2) is 4.39 Å². The van der Waals surface area contributed by atoms with Crippen molar-refractivity contribution in [3.63, 3.8) is 0 Å². The van der Waals surface area contributed by atoms with Crippen molar-refractivity contribution in [1.82, 2.24) is 0 Å². The Labute approximate surface area is 115 Å². The van der Waals surface area contributed by atoms with Gasteiger partial charge in [-0.05, 0) is 18.8 Å². The normalized spacial score (nSPS) is 23.5. The molecule has 0 radical (unpaired) electrons. The maximum Gasteiger partial charge on any atom is 0.133 e. The summed E-state index contributed by atoms with van der Waals surface area (Å²) in [6, 6.07) is 5.37. The lowest BCUT2D eigenvalue weighted by atomic mass is 9.85. The van der Waals surface area contributed by atoms with Gasteiger partial charge in [0.05, 0.1) is 12.7 Å². The van der Waals surface area contributed by atoms with Gasteiger partial charge >= 0.3 is 0 Å². The highest BCUT2D eigenvalue weighted by Crippen LogP contribution is 2.30. The molecule has 0 aliphatic heterocycles. The average molecular weight is 265 g/mol. The van der Waals surface area contributed by atoms with Crippen LogP contribution in [0.4, 0.5) is 4.39 Å². The third-order valence-electron chi connectivity index (χ3n) is 4.20. The van der Waals surface area contributed by atoms with E-state index in [1.165, 1.54) is 19.3 Å². The third-order valence-corrected chi connectivity index (χ3v) is 4.20. The smallest absolute Gasteiger partial charge is 0.133 e. The summed E-state index contributed by atoms with van der Waals surface area (Å²) in [5.41, 5.74) is 6.72. The van der Waals surface area contributed by atoms with Crippen molar-refractivity contribution < 1.29 is 9.13 Å². The van der Waals surface area contributed by atoms with E-state index in [2.05, 4.69) is 6.92 Å². The second-order valence-corrected chi connectivity index (χ2v) is 5.40. The fraction of sp³-hybridized carbons (Fsp3) is 0.625. The first-order chi connectivity index (χ1) is 9.26. The van der Waals surface area contributed by atoms with E-state index in [4.69, 9.17) is 10.5 Å². The molecular weight excluding hydrogens is 241 g/mol. The third kappa shape index (κ3) is 3.54. The van der Waals surface area contributed by atoms with Crippen molar-refractivity contribution in [1.29, 1.82) is 0 Å². The molecule has 106 valence electrons. The molecule has 1 aliphatic rings. The molecule has 2 nitrogen and oxygen atoms in total. The summed E-state index contributed by atoms with van der Waals surface area (Å²) in [5.74, 6) is 0.434. The minimum atomic E-state index is -0.200. The van der Waals surface area contributed by atoms with Crippen LogP contribution >= 0.6 is 0 Å². The fourth-order valence-electron chi connectivity index (χ4n) is 2.96. The molecule has 0 saturated heterocycles. The molecule has 0 heterocycles. The molecule has 3 heteroatoms. The van der Waals surface area contributed by atoms with Crippen molar-refractivity contribution in [3.8, 4) is 0 Å². The molecule has 0 spiro atoms. The summed E-state index contributed by atoms with van der Waals surface area (Å²) in [7, 11) is 0. The van der Waals surface area contributed by atoms with Crippen molar-refractivity contribution >= 4 is 0 Å². The van der Waals surface area contributed by atoms with Crippen LogP contribution in [0.3, 0.4) is 0 Å². The van der Waals surface area contributed by atoms with Gasteiger partial charge in [0.25, 0.3) is 0 Å². The maximum absolute atomic E-state index is 14.0. The molecular formula is C16H24FNO. The van der Waals surface area contributed by atoms with E-state index in [1.807, 2.05) is 6.07 Å². The molecule has 1 saturated carbocycles. The van der Waals surface area contributed by atoms with Gasteiger partial charge in [-0.15, -0.1) is 0 Å². The molecule has 2 rings (SSSR count). The monoisotopic (exact) mass is 265 g/mol. The lowest BCUT2D eigenvalue weighted by Gasteiger charge is -2.30. The summed E-state index contributed by atoms with van der Waals surface area (Å²) in [4.78, 5) is 0. The Bertz CT molecular complexity index is 408.